The van der Waals surface area contributed by atoms with Crippen LogP contribution in [0.15, 0.2) is 30.3 Å². The number of para-hydroxylation sites is 1. The van der Waals surface area contributed by atoms with Crippen LogP contribution in [-0.4, -0.2) is 52.9 Å². The molecule has 1 fully saturated rings. The number of nitrogens with one attached hydrogen (secondary N) is 3. The van der Waals surface area contributed by atoms with Crippen LogP contribution in [0.25, 0.3) is 0 Å². The molecule has 1 aromatic carbocycles. The van der Waals surface area contributed by atoms with Gasteiger partial charge in [-0.1, -0.05) is 43.9 Å². The lowest BCUT2D eigenvalue weighted by molar-refractivity contribution is -0.138. The van der Waals surface area contributed by atoms with Crippen molar-refractivity contribution in [1.82, 2.24) is 15.7 Å². The van der Waals surface area contributed by atoms with E-state index in [2.05, 4.69) is 10.6 Å². The predicted molar refractivity (Wildman–Crippen MR) is 120 cm³/mol. The minimum atomic E-state index is -0.463. The number of hydroxylamine groups is 1. The first-order chi connectivity index (χ1) is 15.5. The lowest BCUT2D eigenvalue weighted by Gasteiger charge is -2.26. The lowest BCUT2D eigenvalue weighted by atomic mass is 9.95. The summed E-state index contributed by atoms with van der Waals surface area (Å²) >= 11 is 0. The molecule has 2 rings (SSSR count). The van der Waals surface area contributed by atoms with Crippen molar-refractivity contribution in [3.05, 3.63) is 30.3 Å². The zero-order chi connectivity index (χ0) is 23.2. The molecule has 0 unspecified atom stereocenters. The van der Waals surface area contributed by atoms with Crippen molar-refractivity contribution in [3.8, 4) is 0 Å². The normalized spacial score (nSPS) is 13.8. The van der Waals surface area contributed by atoms with E-state index in [1.54, 1.807) is 29.7 Å². The van der Waals surface area contributed by atoms with Crippen LogP contribution in [0, 0.1) is 0 Å². The second-order valence-corrected chi connectivity index (χ2v) is 8.16. The highest BCUT2D eigenvalue weighted by Gasteiger charge is 2.22. The van der Waals surface area contributed by atoms with Crippen LogP contribution in [-0.2, 0) is 19.2 Å². The minimum Gasteiger partial charge on any atom is -0.352 e. The van der Waals surface area contributed by atoms with E-state index >= 15 is 0 Å². The van der Waals surface area contributed by atoms with Gasteiger partial charge in [-0.2, -0.15) is 0 Å². The van der Waals surface area contributed by atoms with Gasteiger partial charge in [-0.05, 0) is 37.8 Å². The SMILES string of the molecule is O=C(CCCCCC(=O)N(CC(=O)Nc1ccccc1)CC(=O)NC1CCCCC1)NO. The number of rotatable bonds is 12. The Balaban J connectivity index is 1.88. The van der Waals surface area contributed by atoms with E-state index in [1.807, 2.05) is 6.07 Å². The standard InChI is InChI=1S/C23H34N4O5/c28-20(26-32)14-8-3-9-15-23(31)27(16-21(29)24-18-10-4-1-5-11-18)17-22(30)25-19-12-6-2-7-13-19/h1,4-5,10-11,19,32H,2-3,6-9,12-17H2,(H,24,29)(H,25,30)(H,26,28). The molecule has 0 spiro atoms. The summed E-state index contributed by atoms with van der Waals surface area (Å²) in [5, 5.41) is 14.2. The van der Waals surface area contributed by atoms with Crippen molar-refractivity contribution in [1.29, 1.82) is 0 Å². The van der Waals surface area contributed by atoms with Gasteiger partial charge in [0.15, 0.2) is 0 Å². The van der Waals surface area contributed by atoms with E-state index in [1.165, 1.54) is 11.3 Å². The van der Waals surface area contributed by atoms with E-state index in [-0.39, 0.29) is 49.7 Å². The Kier molecular flexibility index (Phi) is 11.2. The average Bonchev–Trinajstić information content (AvgIpc) is 2.79. The van der Waals surface area contributed by atoms with Crippen molar-refractivity contribution in [3.63, 3.8) is 0 Å². The van der Waals surface area contributed by atoms with Crippen LogP contribution in [0.5, 0.6) is 0 Å². The zero-order valence-electron chi connectivity index (χ0n) is 18.5. The maximum atomic E-state index is 12.8. The van der Waals surface area contributed by atoms with Gasteiger partial charge in [0, 0.05) is 24.6 Å². The molecule has 0 saturated heterocycles. The quantitative estimate of drug-likeness (QED) is 0.223. The number of benzene rings is 1. The summed E-state index contributed by atoms with van der Waals surface area (Å²) in [6.07, 6.45) is 7.27. The van der Waals surface area contributed by atoms with E-state index < -0.39 is 5.91 Å². The van der Waals surface area contributed by atoms with E-state index in [4.69, 9.17) is 5.21 Å². The average molecular weight is 447 g/mol. The van der Waals surface area contributed by atoms with Crippen molar-refractivity contribution < 1.29 is 24.4 Å². The zero-order valence-corrected chi connectivity index (χ0v) is 18.5. The topological polar surface area (TPSA) is 128 Å². The summed E-state index contributed by atoms with van der Waals surface area (Å²) in [7, 11) is 0. The van der Waals surface area contributed by atoms with Crippen LogP contribution < -0.4 is 16.1 Å². The van der Waals surface area contributed by atoms with Crippen LogP contribution in [0.3, 0.4) is 0 Å². The summed E-state index contributed by atoms with van der Waals surface area (Å²) in [5.41, 5.74) is 2.20. The van der Waals surface area contributed by atoms with Crippen molar-refractivity contribution in [2.75, 3.05) is 18.4 Å². The fourth-order valence-corrected chi connectivity index (χ4v) is 3.77. The van der Waals surface area contributed by atoms with Gasteiger partial charge in [-0.25, -0.2) is 5.48 Å². The number of unbranched alkanes of at least 4 members (excludes halogenated alkanes) is 2. The van der Waals surface area contributed by atoms with Gasteiger partial charge in [-0.15, -0.1) is 0 Å². The highest BCUT2D eigenvalue weighted by Crippen LogP contribution is 2.17. The Morgan fingerprint density at radius 2 is 1.50 bits per heavy atom. The fraction of sp³-hybridized carbons (Fsp3) is 0.565. The Labute approximate surface area is 188 Å². The predicted octanol–water partition coefficient (Wildman–Crippen LogP) is 2.36. The monoisotopic (exact) mass is 446 g/mol. The molecule has 176 valence electrons. The molecule has 0 radical (unpaired) electrons. The Morgan fingerprint density at radius 1 is 0.844 bits per heavy atom. The first kappa shape index (κ1) is 25.3. The van der Waals surface area contributed by atoms with Crippen molar-refractivity contribution >= 4 is 29.3 Å². The number of hydrogen-bond acceptors (Lipinski definition) is 5. The molecule has 0 aliphatic heterocycles. The van der Waals surface area contributed by atoms with Crippen LogP contribution in [0.4, 0.5) is 5.69 Å². The summed E-state index contributed by atoms with van der Waals surface area (Å²) in [5.74, 6) is -1.36. The molecule has 0 heterocycles. The molecule has 0 aromatic heterocycles. The molecule has 9 heteroatoms. The Hall–Kier alpha value is -2.94. The summed E-state index contributed by atoms with van der Waals surface area (Å²) in [4.78, 5) is 50.1. The molecule has 0 atom stereocenters. The molecule has 32 heavy (non-hydrogen) atoms. The number of amides is 4. The van der Waals surface area contributed by atoms with Gasteiger partial charge in [0.2, 0.25) is 23.6 Å². The second kappa shape index (κ2) is 14.2. The maximum Gasteiger partial charge on any atom is 0.244 e. The molecule has 0 bridgehead atoms. The molecule has 1 aliphatic rings. The van der Waals surface area contributed by atoms with E-state index in [9.17, 15) is 19.2 Å². The van der Waals surface area contributed by atoms with Crippen molar-refractivity contribution in [2.24, 2.45) is 0 Å². The second-order valence-electron chi connectivity index (χ2n) is 8.16. The lowest BCUT2D eigenvalue weighted by Crippen LogP contribution is -2.47. The Morgan fingerprint density at radius 3 is 2.19 bits per heavy atom. The summed E-state index contributed by atoms with van der Waals surface area (Å²) in [6.45, 7) is -0.372. The van der Waals surface area contributed by atoms with Gasteiger partial charge in [0.05, 0.1) is 0 Å². The molecule has 4 amide bonds. The molecule has 1 aromatic rings. The van der Waals surface area contributed by atoms with E-state index in [0.29, 0.717) is 24.9 Å². The van der Waals surface area contributed by atoms with Gasteiger partial charge in [0.1, 0.15) is 13.1 Å². The van der Waals surface area contributed by atoms with Crippen LogP contribution in [0.1, 0.15) is 64.2 Å². The molecular formula is C23H34N4O5. The van der Waals surface area contributed by atoms with Crippen molar-refractivity contribution in [2.45, 2.75) is 70.3 Å². The summed E-state index contributed by atoms with van der Waals surface area (Å²) in [6, 6.07) is 9.07. The van der Waals surface area contributed by atoms with Gasteiger partial charge in [0.25, 0.3) is 0 Å². The number of carbonyl (C=O) groups is 4. The smallest absolute Gasteiger partial charge is 0.244 e. The Bertz CT molecular complexity index is 750. The highest BCUT2D eigenvalue weighted by molar-refractivity contribution is 5.95. The molecule has 4 N–H and O–H groups in total. The van der Waals surface area contributed by atoms with Crippen LogP contribution >= 0.6 is 0 Å². The third-order valence-corrected chi connectivity index (χ3v) is 5.47. The third kappa shape index (κ3) is 9.91. The largest absolute Gasteiger partial charge is 0.352 e. The first-order valence-electron chi connectivity index (χ1n) is 11.3. The molecule has 1 aliphatic carbocycles. The summed E-state index contributed by atoms with van der Waals surface area (Å²) < 4.78 is 0. The van der Waals surface area contributed by atoms with Gasteiger partial charge >= 0.3 is 0 Å². The highest BCUT2D eigenvalue weighted by atomic mass is 16.5. The number of anilines is 1. The molecular weight excluding hydrogens is 412 g/mol. The molecule has 1 saturated carbocycles. The molecule has 9 nitrogen and oxygen atoms in total. The number of carbonyl (C=O) groups excluding carboxylic acids is 4. The third-order valence-electron chi connectivity index (χ3n) is 5.47. The number of nitrogens with zero attached hydrogens (tertiary/aromatic N) is 1. The fourth-order valence-electron chi connectivity index (χ4n) is 3.77. The first-order valence-corrected chi connectivity index (χ1v) is 11.3. The van der Waals surface area contributed by atoms with Crippen LogP contribution in [0.2, 0.25) is 0 Å². The van der Waals surface area contributed by atoms with Gasteiger partial charge < -0.3 is 15.5 Å². The number of hydrogen-bond donors (Lipinski definition) is 4. The van der Waals surface area contributed by atoms with E-state index in [0.717, 1.165) is 25.7 Å². The maximum absolute atomic E-state index is 12.8. The minimum absolute atomic E-state index is 0.129. The van der Waals surface area contributed by atoms with Gasteiger partial charge in [-0.3, -0.25) is 24.4 Å².